The van der Waals surface area contributed by atoms with Crippen LogP contribution in [0.2, 0.25) is 0 Å². The van der Waals surface area contributed by atoms with E-state index < -0.39 is 12.0 Å². The van der Waals surface area contributed by atoms with Gasteiger partial charge in [-0.2, -0.15) is 0 Å². The molecule has 116 valence electrons. The third-order valence-electron chi connectivity index (χ3n) is 3.40. The maximum atomic E-state index is 12.2. The Kier molecular flexibility index (Phi) is 7.32. The molecule has 1 rings (SSSR count). The molecule has 1 heterocycles. The number of carbonyl (C=O) groups excluding carboxylic acids is 1. The molecule has 0 aromatic rings. The Morgan fingerprint density at radius 2 is 2.30 bits per heavy atom. The van der Waals surface area contributed by atoms with Gasteiger partial charge in [0.2, 0.25) is 0 Å². The minimum absolute atomic E-state index is 0.0113. The van der Waals surface area contributed by atoms with Gasteiger partial charge in [-0.05, 0) is 19.3 Å². The van der Waals surface area contributed by atoms with E-state index in [1.807, 2.05) is 6.92 Å². The Balaban J connectivity index is 2.53. The summed E-state index contributed by atoms with van der Waals surface area (Å²) in [6.07, 6.45) is 1.74. The molecule has 2 atom stereocenters. The molecule has 7 heteroatoms. The van der Waals surface area contributed by atoms with Crippen molar-refractivity contribution in [2.75, 3.05) is 33.5 Å². The van der Waals surface area contributed by atoms with Gasteiger partial charge in [-0.15, -0.1) is 0 Å². The number of morpholine rings is 1. The van der Waals surface area contributed by atoms with Crippen molar-refractivity contribution in [3.8, 4) is 0 Å². The number of ether oxygens (including phenoxy) is 2. The predicted octanol–water partition coefficient (Wildman–Crippen LogP) is 0.687. The first-order chi connectivity index (χ1) is 9.60. The molecule has 1 saturated heterocycles. The Bertz CT molecular complexity index is 324. The van der Waals surface area contributed by atoms with Gasteiger partial charge >= 0.3 is 12.0 Å². The summed E-state index contributed by atoms with van der Waals surface area (Å²) < 4.78 is 10.2. The molecule has 20 heavy (non-hydrogen) atoms. The van der Waals surface area contributed by atoms with Gasteiger partial charge < -0.3 is 24.8 Å². The van der Waals surface area contributed by atoms with Gasteiger partial charge in [0.05, 0.1) is 19.3 Å². The highest BCUT2D eigenvalue weighted by molar-refractivity contribution is 5.82. The second kappa shape index (κ2) is 8.76. The van der Waals surface area contributed by atoms with E-state index in [9.17, 15) is 9.59 Å². The van der Waals surface area contributed by atoms with E-state index in [1.165, 1.54) is 0 Å². The van der Waals surface area contributed by atoms with Crippen LogP contribution < -0.4 is 5.32 Å². The van der Waals surface area contributed by atoms with E-state index in [4.69, 9.17) is 14.6 Å². The fourth-order valence-corrected chi connectivity index (χ4v) is 2.18. The highest BCUT2D eigenvalue weighted by Gasteiger charge is 2.29. The average molecular weight is 288 g/mol. The summed E-state index contributed by atoms with van der Waals surface area (Å²) in [5, 5.41) is 11.7. The largest absolute Gasteiger partial charge is 0.480 e. The Hall–Kier alpha value is -1.34. The number of nitrogens with one attached hydrogen (secondary N) is 1. The maximum Gasteiger partial charge on any atom is 0.326 e. The zero-order valence-corrected chi connectivity index (χ0v) is 12.1. The van der Waals surface area contributed by atoms with Gasteiger partial charge in [-0.25, -0.2) is 9.59 Å². The molecule has 0 bridgehead atoms. The van der Waals surface area contributed by atoms with Gasteiger partial charge in [0, 0.05) is 20.3 Å². The standard InChI is InChI=1S/C13H24N2O5/c1-3-10-9-20-8-6-15(10)13(18)14-11(12(16)17)5-4-7-19-2/h10-11H,3-9H2,1-2H3,(H,14,18)(H,16,17). The lowest BCUT2D eigenvalue weighted by molar-refractivity contribution is -0.139. The second-order valence-electron chi connectivity index (χ2n) is 4.81. The van der Waals surface area contributed by atoms with Crippen molar-refractivity contribution >= 4 is 12.0 Å². The van der Waals surface area contributed by atoms with Crippen LogP contribution in [0.4, 0.5) is 4.79 Å². The van der Waals surface area contributed by atoms with Crippen molar-refractivity contribution < 1.29 is 24.2 Å². The third-order valence-corrected chi connectivity index (χ3v) is 3.40. The topological polar surface area (TPSA) is 88.1 Å². The van der Waals surface area contributed by atoms with E-state index >= 15 is 0 Å². The molecule has 2 N–H and O–H groups in total. The highest BCUT2D eigenvalue weighted by Crippen LogP contribution is 2.11. The number of hydrogen-bond acceptors (Lipinski definition) is 4. The monoisotopic (exact) mass is 288 g/mol. The van der Waals surface area contributed by atoms with Gasteiger partial charge in [0.1, 0.15) is 6.04 Å². The summed E-state index contributed by atoms with van der Waals surface area (Å²) in [4.78, 5) is 25.0. The van der Waals surface area contributed by atoms with Crippen LogP contribution in [-0.2, 0) is 14.3 Å². The molecule has 1 aliphatic rings. The maximum absolute atomic E-state index is 12.2. The fraction of sp³-hybridized carbons (Fsp3) is 0.846. The third kappa shape index (κ3) is 4.97. The molecular weight excluding hydrogens is 264 g/mol. The van der Waals surface area contributed by atoms with E-state index in [0.717, 1.165) is 6.42 Å². The summed E-state index contributed by atoms with van der Waals surface area (Å²) in [5.74, 6) is -1.02. The first-order valence-corrected chi connectivity index (χ1v) is 6.96. The lowest BCUT2D eigenvalue weighted by Crippen LogP contribution is -2.55. The number of carboxylic acids is 1. The van der Waals surface area contributed by atoms with Crippen LogP contribution in [0.15, 0.2) is 0 Å². The molecule has 0 spiro atoms. The number of urea groups is 1. The van der Waals surface area contributed by atoms with Crippen LogP contribution in [0.3, 0.4) is 0 Å². The van der Waals surface area contributed by atoms with Crippen LogP contribution in [0.1, 0.15) is 26.2 Å². The Morgan fingerprint density at radius 1 is 1.55 bits per heavy atom. The van der Waals surface area contributed by atoms with Crippen molar-refractivity contribution in [2.45, 2.75) is 38.3 Å². The predicted molar refractivity (Wildman–Crippen MR) is 72.7 cm³/mol. The van der Waals surface area contributed by atoms with Crippen LogP contribution in [0.5, 0.6) is 0 Å². The normalized spacial score (nSPS) is 20.5. The fourth-order valence-electron chi connectivity index (χ4n) is 2.18. The number of carbonyl (C=O) groups is 2. The first kappa shape index (κ1) is 16.7. The molecule has 7 nitrogen and oxygen atoms in total. The summed E-state index contributed by atoms with van der Waals surface area (Å²) in [6.45, 7) is 3.95. The average Bonchev–Trinajstić information content (AvgIpc) is 2.46. The van der Waals surface area contributed by atoms with Crippen LogP contribution in [0, 0.1) is 0 Å². The highest BCUT2D eigenvalue weighted by atomic mass is 16.5. The number of nitrogens with zero attached hydrogens (tertiary/aromatic N) is 1. The molecule has 0 saturated carbocycles. The lowest BCUT2D eigenvalue weighted by Gasteiger charge is -2.35. The summed E-state index contributed by atoms with van der Waals surface area (Å²) in [7, 11) is 1.56. The molecule has 0 aromatic carbocycles. The quantitative estimate of drug-likeness (QED) is 0.673. The van der Waals surface area contributed by atoms with Crippen molar-refractivity contribution in [1.29, 1.82) is 0 Å². The van der Waals surface area contributed by atoms with Crippen molar-refractivity contribution in [1.82, 2.24) is 10.2 Å². The zero-order valence-electron chi connectivity index (χ0n) is 12.1. The van der Waals surface area contributed by atoms with Gasteiger partial charge in [0.15, 0.2) is 0 Å². The summed E-state index contributed by atoms with van der Waals surface area (Å²) in [6, 6.07) is -1.19. The molecule has 1 fully saturated rings. The molecule has 1 aliphatic heterocycles. The van der Waals surface area contributed by atoms with E-state index in [0.29, 0.717) is 39.2 Å². The van der Waals surface area contributed by atoms with E-state index in [-0.39, 0.29) is 12.1 Å². The van der Waals surface area contributed by atoms with Crippen LogP contribution in [-0.4, -0.2) is 67.6 Å². The molecule has 0 aromatic heterocycles. The number of aliphatic carboxylic acids is 1. The number of amides is 2. The number of methoxy groups -OCH3 is 1. The summed E-state index contributed by atoms with van der Waals surface area (Å²) in [5.41, 5.74) is 0. The van der Waals surface area contributed by atoms with Crippen molar-refractivity contribution in [2.24, 2.45) is 0 Å². The first-order valence-electron chi connectivity index (χ1n) is 6.96. The van der Waals surface area contributed by atoms with E-state index in [1.54, 1.807) is 12.0 Å². The van der Waals surface area contributed by atoms with Crippen molar-refractivity contribution in [3.05, 3.63) is 0 Å². The molecular formula is C13H24N2O5. The van der Waals surface area contributed by atoms with Crippen molar-refractivity contribution in [3.63, 3.8) is 0 Å². The molecule has 0 aliphatic carbocycles. The molecule has 2 unspecified atom stereocenters. The van der Waals surface area contributed by atoms with Gasteiger partial charge in [0.25, 0.3) is 0 Å². The van der Waals surface area contributed by atoms with Crippen LogP contribution >= 0.6 is 0 Å². The summed E-state index contributed by atoms with van der Waals surface area (Å²) >= 11 is 0. The molecule has 0 radical (unpaired) electrons. The Morgan fingerprint density at radius 3 is 2.90 bits per heavy atom. The molecule has 2 amide bonds. The smallest absolute Gasteiger partial charge is 0.326 e. The van der Waals surface area contributed by atoms with Gasteiger partial charge in [-0.1, -0.05) is 6.92 Å². The lowest BCUT2D eigenvalue weighted by atomic mass is 10.1. The van der Waals surface area contributed by atoms with Gasteiger partial charge in [-0.3, -0.25) is 0 Å². The minimum atomic E-state index is -1.02. The number of hydrogen-bond donors (Lipinski definition) is 2. The minimum Gasteiger partial charge on any atom is -0.480 e. The number of rotatable bonds is 7. The van der Waals surface area contributed by atoms with Crippen LogP contribution in [0.25, 0.3) is 0 Å². The second-order valence-corrected chi connectivity index (χ2v) is 4.81. The Labute approximate surface area is 119 Å². The van der Waals surface area contributed by atoms with E-state index in [2.05, 4.69) is 5.32 Å². The number of carboxylic acid groups (broad SMARTS) is 1. The SMILES string of the molecule is CCC1COCCN1C(=O)NC(CCCOC)C(=O)O. The zero-order chi connectivity index (χ0) is 15.0.